The molecule has 1 aromatic carbocycles. The van der Waals surface area contributed by atoms with Crippen molar-refractivity contribution in [2.75, 3.05) is 19.0 Å². The molecule has 2 fully saturated rings. The zero-order valence-corrected chi connectivity index (χ0v) is 22.1. The summed E-state index contributed by atoms with van der Waals surface area (Å²) in [4.78, 5) is 55.0. The van der Waals surface area contributed by atoms with Gasteiger partial charge in [0.2, 0.25) is 11.8 Å². The summed E-state index contributed by atoms with van der Waals surface area (Å²) in [6.45, 7) is 0.740. The van der Waals surface area contributed by atoms with Gasteiger partial charge in [-0.2, -0.15) is 5.10 Å². The van der Waals surface area contributed by atoms with Crippen molar-refractivity contribution >= 4 is 29.3 Å². The van der Waals surface area contributed by atoms with Gasteiger partial charge in [0.05, 0.1) is 30.5 Å². The number of rotatable bonds is 9. The second-order valence-corrected chi connectivity index (χ2v) is 10.5. The summed E-state index contributed by atoms with van der Waals surface area (Å²) < 4.78 is 7.45. The zero-order chi connectivity index (χ0) is 27.8. The molecule has 40 heavy (non-hydrogen) atoms. The Morgan fingerprint density at radius 3 is 2.73 bits per heavy atom. The summed E-state index contributed by atoms with van der Waals surface area (Å²) in [6.07, 6.45) is 10.1. The summed E-state index contributed by atoms with van der Waals surface area (Å²) in [5.41, 5.74) is 3.05. The lowest BCUT2D eigenvalue weighted by Crippen LogP contribution is -2.54. The Bertz CT molecular complexity index is 1490. The first-order valence-electron chi connectivity index (χ1n) is 13.6. The predicted octanol–water partition coefficient (Wildman–Crippen LogP) is 3.20. The van der Waals surface area contributed by atoms with E-state index in [1.165, 1.54) is 0 Å². The van der Waals surface area contributed by atoms with Gasteiger partial charge in [0, 0.05) is 36.6 Å². The number of carbonyl (C=O) groups excluding carboxylic acids is 4. The van der Waals surface area contributed by atoms with Gasteiger partial charge in [-0.3, -0.25) is 39.1 Å². The number of pyridine rings is 1. The van der Waals surface area contributed by atoms with Gasteiger partial charge in [-0.1, -0.05) is 0 Å². The third-order valence-corrected chi connectivity index (χ3v) is 8.01. The quantitative estimate of drug-likeness (QED) is 0.311. The van der Waals surface area contributed by atoms with Crippen molar-refractivity contribution in [3.63, 3.8) is 0 Å². The minimum Gasteiger partial charge on any atom is -0.494 e. The van der Waals surface area contributed by atoms with Crippen LogP contribution < -0.4 is 15.4 Å². The smallest absolute Gasteiger partial charge is 0.262 e. The van der Waals surface area contributed by atoms with Gasteiger partial charge >= 0.3 is 0 Å². The highest BCUT2D eigenvalue weighted by Crippen LogP contribution is 2.41. The number of carbonyl (C=O) groups is 4. The third kappa shape index (κ3) is 4.72. The van der Waals surface area contributed by atoms with Gasteiger partial charge in [0.15, 0.2) is 0 Å². The minimum atomic E-state index is -0.959. The number of piperidine rings is 1. The van der Waals surface area contributed by atoms with Crippen LogP contribution in [0.15, 0.2) is 48.9 Å². The van der Waals surface area contributed by atoms with E-state index in [1.807, 2.05) is 29.2 Å². The molecular weight excluding hydrogens is 512 g/mol. The van der Waals surface area contributed by atoms with Crippen molar-refractivity contribution in [3.8, 4) is 17.0 Å². The molecule has 206 valence electrons. The molecule has 1 saturated carbocycles. The molecule has 1 unspecified atom stereocenters. The molecule has 2 aliphatic heterocycles. The van der Waals surface area contributed by atoms with Crippen LogP contribution in [0.3, 0.4) is 0 Å². The summed E-state index contributed by atoms with van der Waals surface area (Å²) in [7, 11) is 1.64. The SMILES string of the molecule is COc1cccnc1-c1cnn([C@H]2C[C@H](CCCNc3ccc4c(c3)C(=O)N(C3CCC(=O)NC3=O)C4=O)C2)c1. The Balaban J connectivity index is 0.977. The van der Waals surface area contributed by atoms with Crippen LogP contribution in [0.25, 0.3) is 11.3 Å². The van der Waals surface area contributed by atoms with Crippen LogP contribution in [-0.2, 0) is 9.59 Å². The zero-order valence-electron chi connectivity index (χ0n) is 22.1. The molecule has 11 heteroatoms. The van der Waals surface area contributed by atoms with Crippen LogP contribution >= 0.6 is 0 Å². The molecule has 2 aromatic heterocycles. The number of ether oxygens (including phenoxy) is 1. The fourth-order valence-electron chi connectivity index (χ4n) is 5.79. The van der Waals surface area contributed by atoms with Gasteiger partial charge in [0.25, 0.3) is 11.8 Å². The molecule has 1 atom stereocenters. The number of nitrogens with zero attached hydrogens (tertiary/aromatic N) is 4. The monoisotopic (exact) mass is 542 g/mol. The molecule has 4 heterocycles. The average Bonchev–Trinajstić information content (AvgIpc) is 3.50. The minimum absolute atomic E-state index is 0.0989. The lowest BCUT2D eigenvalue weighted by atomic mass is 9.77. The van der Waals surface area contributed by atoms with E-state index >= 15 is 0 Å². The Kier molecular flexibility index (Phi) is 6.79. The number of fused-ring (bicyclic) bond motifs is 1. The van der Waals surface area contributed by atoms with Gasteiger partial charge in [0.1, 0.15) is 17.5 Å². The number of imide groups is 2. The van der Waals surface area contributed by atoms with Crippen molar-refractivity contribution in [2.45, 2.75) is 50.6 Å². The maximum absolute atomic E-state index is 13.0. The second-order valence-electron chi connectivity index (χ2n) is 10.5. The standard InChI is InChI=1S/C29H30N6O5/c1-40-24-5-3-11-31-26(24)18-15-32-34(16-18)20-12-17(13-20)4-2-10-30-19-6-7-21-22(14-19)29(39)35(28(21)38)23-8-9-25(36)33-27(23)37/h3,5-7,11,14-17,20,23,30H,2,4,8-10,12-13H2,1H3,(H,33,36,37)/t17-,20-,23?. The molecule has 3 aromatic rings. The summed E-state index contributed by atoms with van der Waals surface area (Å²) >= 11 is 0. The number of aromatic nitrogens is 3. The molecule has 0 bridgehead atoms. The van der Waals surface area contributed by atoms with Gasteiger partial charge < -0.3 is 10.1 Å². The first-order valence-corrected chi connectivity index (χ1v) is 13.6. The van der Waals surface area contributed by atoms with Crippen LogP contribution in [0.1, 0.15) is 65.3 Å². The van der Waals surface area contributed by atoms with Crippen LogP contribution in [0, 0.1) is 5.92 Å². The lowest BCUT2D eigenvalue weighted by Gasteiger charge is -2.35. The maximum atomic E-state index is 13.0. The molecule has 6 rings (SSSR count). The van der Waals surface area contributed by atoms with E-state index in [4.69, 9.17) is 4.74 Å². The number of methoxy groups -OCH3 is 1. The van der Waals surface area contributed by atoms with E-state index in [-0.39, 0.29) is 29.9 Å². The van der Waals surface area contributed by atoms with E-state index in [2.05, 4.69) is 20.7 Å². The Morgan fingerprint density at radius 1 is 1.10 bits per heavy atom. The summed E-state index contributed by atoms with van der Waals surface area (Å²) in [5.74, 6) is -0.633. The van der Waals surface area contributed by atoms with E-state index in [1.54, 1.807) is 31.5 Å². The van der Waals surface area contributed by atoms with Gasteiger partial charge in [-0.25, -0.2) is 0 Å². The lowest BCUT2D eigenvalue weighted by molar-refractivity contribution is -0.136. The molecule has 3 aliphatic rings. The Hall–Kier alpha value is -4.54. The second kappa shape index (κ2) is 10.6. The molecule has 11 nitrogen and oxygen atoms in total. The topological polar surface area (TPSA) is 136 Å². The molecule has 2 N–H and O–H groups in total. The van der Waals surface area contributed by atoms with Crippen molar-refractivity contribution in [1.82, 2.24) is 25.0 Å². The number of hydrogen-bond acceptors (Lipinski definition) is 8. The number of amides is 4. The van der Waals surface area contributed by atoms with Gasteiger partial charge in [-0.15, -0.1) is 0 Å². The molecule has 1 aliphatic carbocycles. The van der Waals surface area contributed by atoms with Gasteiger partial charge in [-0.05, 0) is 68.4 Å². The van der Waals surface area contributed by atoms with Crippen molar-refractivity contribution in [1.29, 1.82) is 0 Å². The van der Waals surface area contributed by atoms with Crippen molar-refractivity contribution in [2.24, 2.45) is 5.92 Å². The molecule has 1 saturated heterocycles. The number of benzene rings is 1. The van der Waals surface area contributed by atoms with E-state index in [0.29, 0.717) is 12.0 Å². The first-order chi connectivity index (χ1) is 19.4. The summed E-state index contributed by atoms with van der Waals surface area (Å²) in [6, 6.07) is 8.24. The first kappa shape index (κ1) is 25.7. The summed E-state index contributed by atoms with van der Waals surface area (Å²) in [5, 5.41) is 10.1. The van der Waals surface area contributed by atoms with Crippen LogP contribution in [0.2, 0.25) is 0 Å². The van der Waals surface area contributed by atoms with E-state index < -0.39 is 23.8 Å². The number of nitrogens with one attached hydrogen (secondary N) is 2. The molecule has 0 spiro atoms. The predicted molar refractivity (Wildman–Crippen MR) is 145 cm³/mol. The highest BCUT2D eigenvalue weighted by atomic mass is 16.5. The third-order valence-electron chi connectivity index (χ3n) is 8.01. The molecule has 0 radical (unpaired) electrons. The fourth-order valence-corrected chi connectivity index (χ4v) is 5.79. The van der Waals surface area contributed by atoms with Crippen molar-refractivity contribution < 1.29 is 23.9 Å². The van der Waals surface area contributed by atoms with Crippen LogP contribution in [0.4, 0.5) is 5.69 Å². The highest BCUT2D eigenvalue weighted by Gasteiger charge is 2.44. The maximum Gasteiger partial charge on any atom is 0.262 e. The molecule has 4 amide bonds. The number of anilines is 1. The van der Waals surface area contributed by atoms with Crippen molar-refractivity contribution in [3.05, 3.63) is 60.0 Å². The highest BCUT2D eigenvalue weighted by molar-refractivity contribution is 6.23. The number of hydrogen-bond donors (Lipinski definition) is 2. The molecular formula is C29H30N6O5. The Morgan fingerprint density at radius 2 is 1.93 bits per heavy atom. The van der Waals surface area contributed by atoms with E-state index in [0.717, 1.165) is 59.8 Å². The largest absolute Gasteiger partial charge is 0.494 e. The Labute approximate surface area is 230 Å². The van der Waals surface area contributed by atoms with E-state index in [9.17, 15) is 19.2 Å². The van der Waals surface area contributed by atoms with Crippen LogP contribution in [0.5, 0.6) is 5.75 Å². The fraction of sp³-hybridized carbons (Fsp3) is 0.379. The average molecular weight is 543 g/mol. The normalized spacial score (nSPS) is 22.1. The van der Waals surface area contributed by atoms with Crippen LogP contribution in [-0.4, -0.2) is 63.0 Å².